The van der Waals surface area contributed by atoms with Crippen LogP contribution in [0.2, 0.25) is 0 Å². The quantitative estimate of drug-likeness (QED) is 0.795. The molecule has 1 amide bonds. The Morgan fingerprint density at radius 3 is 2.56 bits per heavy atom. The van der Waals surface area contributed by atoms with E-state index >= 15 is 0 Å². The van der Waals surface area contributed by atoms with Crippen molar-refractivity contribution in [2.45, 2.75) is 6.92 Å². The van der Waals surface area contributed by atoms with E-state index in [1.54, 1.807) is 6.92 Å². The Bertz CT molecular complexity index is 513. The molecule has 5 nitrogen and oxygen atoms in total. The molecule has 1 aromatic rings. The van der Waals surface area contributed by atoms with Crippen molar-refractivity contribution < 1.29 is 13.2 Å². The van der Waals surface area contributed by atoms with E-state index in [0.29, 0.717) is 16.8 Å². The van der Waals surface area contributed by atoms with E-state index < -0.39 is 21.1 Å². The van der Waals surface area contributed by atoms with Crippen LogP contribution >= 0.6 is 11.6 Å². The van der Waals surface area contributed by atoms with Gasteiger partial charge in [-0.1, -0.05) is 0 Å². The molecule has 3 N–H and O–H groups in total. The van der Waals surface area contributed by atoms with E-state index in [4.69, 9.17) is 17.3 Å². The Balaban J connectivity index is 3.05. The summed E-state index contributed by atoms with van der Waals surface area (Å²) in [6.45, 7) is 1.67. The van der Waals surface area contributed by atoms with Crippen LogP contribution in [0.5, 0.6) is 0 Å². The molecule has 0 aliphatic heterocycles. The molecular weight excluding hydrogens is 252 g/mol. The maximum atomic E-state index is 11.2. The smallest absolute Gasteiger partial charge is 0.248 e. The molecule has 0 aromatic heterocycles. The maximum Gasteiger partial charge on any atom is 0.248 e. The lowest BCUT2D eigenvalue weighted by atomic mass is 10.1. The minimum atomic E-state index is -3.53. The van der Waals surface area contributed by atoms with Crippen molar-refractivity contribution in [3.8, 4) is 0 Å². The summed E-state index contributed by atoms with van der Waals surface area (Å²) in [4.78, 5) is 10.9. The highest BCUT2D eigenvalue weighted by Crippen LogP contribution is 2.18. The molecule has 7 heteroatoms. The number of rotatable bonds is 4. The SMILES string of the molecule is Cc1cc(C(N)=O)ccc1NS(=O)(=O)CCl. The monoisotopic (exact) mass is 262 g/mol. The molecule has 1 rings (SSSR count). The van der Waals surface area contributed by atoms with Gasteiger partial charge in [0.05, 0.1) is 5.69 Å². The van der Waals surface area contributed by atoms with Gasteiger partial charge in [0, 0.05) is 5.56 Å². The molecule has 0 saturated heterocycles. The molecule has 0 fully saturated rings. The van der Waals surface area contributed by atoms with Gasteiger partial charge in [0.25, 0.3) is 0 Å². The van der Waals surface area contributed by atoms with Gasteiger partial charge in [0.2, 0.25) is 15.9 Å². The number of alkyl halides is 1. The summed E-state index contributed by atoms with van der Waals surface area (Å²) in [6, 6.07) is 4.43. The summed E-state index contributed by atoms with van der Waals surface area (Å²) in [5.41, 5.74) is 6.39. The maximum absolute atomic E-state index is 11.2. The molecule has 0 atom stereocenters. The fraction of sp³-hybridized carbons (Fsp3) is 0.222. The van der Waals surface area contributed by atoms with Crippen molar-refractivity contribution in [2.24, 2.45) is 5.73 Å². The summed E-state index contributed by atoms with van der Waals surface area (Å²) in [5, 5.41) is -0.524. The lowest BCUT2D eigenvalue weighted by molar-refractivity contribution is 0.1000. The van der Waals surface area contributed by atoms with Gasteiger partial charge >= 0.3 is 0 Å². The molecule has 0 bridgehead atoms. The number of carbonyl (C=O) groups excluding carboxylic acids is 1. The average molecular weight is 263 g/mol. The van der Waals surface area contributed by atoms with Gasteiger partial charge in [-0.25, -0.2) is 8.42 Å². The largest absolute Gasteiger partial charge is 0.366 e. The minimum Gasteiger partial charge on any atom is -0.366 e. The van der Waals surface area contributed by atoms with Crippen LogP contribution in [-0.2, 0) is 10.0 Å². The third-order valence-corrected chi connectivity index (χ3v) is 3.60. The second-order valence-electron chi connectivity index (χ2n) is 3.22. The van der Waals surface area contributed by atoms with Gasteiger partial charge in [-0.2, -0.15) is 0 Å². The fourth-order valence-corrected chi connectivity index (χ4v) is 1.91. The molecule has 0 spiro atoms. The summed E-state index contributed by atoms with van der Waals surface area (Å²) in [7, 11) is -3.53. The zero-order chi connectivity index (χ0) is 12.3. The first kappa shape index (κ1) is 12.8. The third-order valence-electron chi connectivity index (χ3n) is 1.92. The molecule has 0 aliphatic rings. The Morgan fingerprint density at radius 2 is 2.12 bits per heavy atom. The molecule has 0 unspecified atom stereocenters. The van der Waals surface area contributed by atoms with Crippen LogP contribution in [0.15, 0.2) is 18.2 Å². The molecule has 0 radical (unpaired) electrons. The Kier molecular flexibility index (Phi) is 3.77. The number of amides is 1. The van der Waals surface area contributed by atoms with Crippen molar-refractivity contribution in [1.82, 2.24) is 0 Å². The highest BCUT2D eigenvalue weighted by Gasteiger charge is 2.11. The van der Waals surface area contributed by atoms with Crippen LogP contribution in [0, 0.1) is 6.92 Å². The Labute approximate surface area is 98.6 Å². The van der Waals surface area contributed by atoms with Crippen LogP contribution in [0.4, 0.5) is 5.69 Å². The van der Waals surface area contributed by atoms with Gasteiger partial charge in [-0.15, -0.1) is 11.6 Å². The van der Waals surface area contributed by atoms with Gasteiger partial charge in [0.15, 0.2) is 0 Å². The first-order valence-corrected chi connectivity index (χ1v) is 6.51. The topological polar surface area (TPSA) is 89.3 Å². The van der Waals surface area contributed by atoms with Crippen molar-refractivity contribution in [1.29, 1.82) is 0 Å². The number of halogens is 1. The molecule has 88 valence electrons. The van der Waals surface area contributed by atoms with Crippen molar-refractivity contribution in [2.75, 3.05) is 9.93 Å². The number of sulfonamides is 1. The van der Waals surface area contributed by atoms with Crippen LogP contribution in [-0.4, -0.2) is 19.5 Å². The number of hydrogen-bond donors (Lipinski definition) is 2. The van der Waals surface area contributed by atoms with E-state index in [2.05, 4.69) is 4.72 Å². The first-order chi connectivity index (χ1) is 7.35. The number of benzene rings is 1. The van der Waals surface area contributed by atoms with Crippen LogP contribution in [0.3, 0.4) is 0 Å². The standard InChI is InChI=1S/C9H11ClN2O3S/c1-6-4-7(9(11)13)2-3-8(6)12-16(14,15)5-10/h2-4,12H,5H2,1H3,(H2,11,13). The number of hydrogen-bond acceptors (Lipinski definition) is 3. The first-order valence-electron chi connectivity index (χ1n) is 4.32. The predicted molar refractivity (Wildman–Crippen MR) is 63.0 cm³/mol. The summed E-state index contributed by atoms with van der Waals surface area (Å²) >= 11 is 5.25. The van der Waals surface area contributed by atoms with E-state index in [0.717, 1.165) is 0 Å². The zero-order valence-corrected chi connectivity index (χ0v) is 10.1. The summed E-state index contributed by atoms with van der Waals surface area (Å²) in [6.07, 6.45) is 0. The van der Waals surface area contributed by atoms with Gasteiger partial charge in [0.1, 0.15) is 5.21 Å². The van der Waals surface area contributed by atoms with Crippen LogP contribution < -0.4 is 10.5 Å². The summed E-state index contributed by atoms with van der Waals surface area (Å²) < 4.78 is 24.7. The highest BCUT2D eigenvalue weighted by molar-refractivity contribution is 7.93. The zero-order valence-electron chi connectivity index (χ0n) is 8.53. The second-order valence-corrected chi connectivity index (χ2v) is 5.53. The lowest BCUT2D eigenvalue weighted by Crippen LogP contribution is -2.15. The Hall–Kier alpha value is -1.27. The Morgan fingerprint density at radius 1 is 1.50 bits per heavy atom. The average Bonchev–Trinajstić information content (AvgIpc) is 2.20. The molecule has 0 saturated carbocycles. The van der Waals surface area contributed by atoms with Crippen molar-refractivity contribution in [3.63, 3.8) is 0 Å². The van der Waals surface area contributed by atoms with Gasteiger partial charge in [-0.05, 0) is 30.7 Å². The lowest BCUT2D eigenvalue weighted by Gasteiger charge is -2.09. The van der Waals surface area contributed by atoms with Crippen LogP contribution in [0.1, 0.15) is 15.9 Å². The molecule has 1 aromatic carbocycles. The van der Waals surface area contributed by atoms with Crippen molar-refractivity contribution >= 4 is 33.2 Å². The normalized spacial score (nSPS) is 11.1. The van der Waals surface area contributed by atoms with E-state index in [9.17, 15) is 13.2 Å². The number of aryl methyl sites for hydroxylation is 1. The minimum absolute atomic E-state index is 0.325. The predicted octanol–water partition coefficient (Wildman–Crippen LogP) is 1.03. The molecule has 0 aliphatic carbocycles. The van der Waals surface area contributed by atoms with E-state index in [1.165, 1.54) is 18.2 Å². The van der Waals surface area contributed by atoms with Gasteiger partial charge in [-0.3, -0.25) is 9.52 Å². The van der Waals surface area contributed by atoms with Crippen LogP contribution in [0.25, 0.3) is 0 Å². The number of carbonyl (C=O) groups is 1. The van der Waals surface area contributed by atoms with E-state index in [-0.39, 0.29) is 0 Å². The molecular formula is C9H11ClN2O3S. The number of nitrogens with one attached hydrogen (secondary N) is 1. The number of primary amides is 1. The second kappa shape index (κ2) is 4.71. The van der Waals surface area contributed by atoms with Crippen molar-refractivity contribution in [3.05, 3.63) is 29.3 Å². The number of nitrogens with two attached hydrogens (primary N) is 1. The van der Waals surface area contributed by atoms with E-state index in [1.807, 2.05) is 0 Å². The number of anilines is 1. The highest BCUT2D eigenvalue weighted by atomic mass is 35.5. The van der Waals surface area contributed by atoms with Gasteiger partial charge < -0.3 is 5.73 Å². The third kappa shape index (κ3) is 3.11. The summed E-state index contributed by atoms with van der Waals surface area (Å²) in [5.74, 6) is -0.560. The fourth-order valence-electron chi connectivity index (χ4n) is 1.13. The molecule has 0 heterocycles. The molecule has 16 heavy (non-hydrogen) atoms.